The molecule has 0 heterocycles. The predicted molar refractivity (Wildman–Crippen MR) is 95.1 cm³/mol. The molecule has 1 atom stereocenters. The molecule has 0 aliphatic rings. The van der Waals surface area contributed by atoms with E-state index in [1.54, 1.807) is 13.0 Å². The average Bonchev–Trinajstić information content (AvgIpc) is 2.41. The van der Waals surface area contributed by atoms with E-state index in [4.69, 9.17) is 8.54 Å². The smallest absolute Gasteiger partial charge is 0.384 e. The lowest BCUT2D eigenvalue weighted by Gasteiger charge is -2.42. The van der Waals surface area contributed by atoms with Gasteiger partial charge in [0.2, 0.25) is 0 Å². The van der Waals surface area contributed by atoms with Crippen LogP contribution in [0.1, 0.15) is 58.4 Å². The van der Waals surface area contributed by atoms with Crippen molar-refractivity contribution >= 4 is 14.3 Å². The maximum absolute atomic E-state index is 11.4. The summed E-state index contributed by atoms with van der Waals surface area (Å²) < 4.78 is 33.3. The first-order chi connectivity index (χ1) is 11.0. The first-order valence-electron chi connectivity index (χ1n) is 9.03. The Kier molecular flexibility index (Phi) is 5.74. The van der Waals surface area contributed by atoms with E-state index in [1.165, 1.54) is 7.11 Å². The maximum Gasteiger partial charge on any atom is 0.384 e. The highest BCUT2D eigenvalue weighted by Crippen LogP contribution is 2.40. The molecule has 0 spiro atoms. The quantitative estimate of drug-likeness (QED) is 0.242. The highest BCUT2D eigenvalue weighted by atomic mass is 28.4. The summed E-state index contributed by atoms with van der Waals surface area (Å²) in [7, 11) is -0.840. The van der Waals surface area contributed by atoms with Crippen molar-refractivity contribution in [2.45, 2.75) is 78.0 Å². The van der Waals surface area contributed by atoms with Crippen molar-refractivity contribution in [1.29, 1.82) is 0 Å². The van der Waals surface area contributed by atoms with Gasteiger partial charge in [-0.15, -0.1) is 0 Å². The van der Waals surface area contributed by atoms with Gasteiger partial charge in [-0.1, -0.05) is 38.3 Å². The molecule has 0 bridgehead atoms. The summed E-state index contributed by atoms with van der Waals surface area (Å²) in [4.78, 5) is 11.4. The predicted octanol–water partition coefficient (Wildman–Crippen LogP) is 4.69. The van der Waals surface area contributed by atoms with Gasteiger partial charge in [0.05, 0.1) is 7.11 Å². The molecule has 126 valence electrons. The molecule has 0 saturated heterocycles. The fourth-order valence-electron chi connectivity index (χ4n) is 1.65. The Hall–Kier alpha value is -1.05. The number of ether oxygens (including phenoxy) is 1. The minimum absolute atomic E-state index is 0.00828. The Morgan fingerprint density at radius 2 is 1.91 bits per heavy atom. The van der Waals surface area contributed by atoms with Crippen LogP contribution in [0, 0.1) is 11.8 Å². The van der Waals surface area contributed by atoms with Crippen LogP contribution in [0.5, 0.6) is 0 Å². The standard InChI is InChI=1S/C18H32O3Si/c1-15(2)11-10-13-18(6,14-12-16(19)20-7)21-22(8,9)17(3,4)5/h11H,10,13H2,1-9H3/i1D3/b15-11-. The lowest BCUT2D eigenvalue weighted by atomic mass is 10.0. The third-order valence-electron chi connectivity index (χ3n) is 3.97. The van der Waals surface area contributed by atoms with Crippen LogP contribution in [-0.2, 0) is 14.0 Å². The highest BCUT2D eigenvalue weighted by molar-refractivity contribution is 6.74. The normalized spacial score (nSPS) is 18.2. The third kappa shape index (κ3) is 7.28. The molecule has 0 rings (SSSR count). The van der Waals surface area contributed by atoms with Crippen molar-refractivity contribution < 1.29 is 18.1 Å². The number of hydrogen-bond acceptors (Lipinski definition) is 3. The van der Waals surface area contributed by atoms with Crippen molar-refractivity contribution in [3.8, 4) is 11.8 Å². The lowest BCUT2D eigenvalue weighted by molar-refractivity contribution is -0.133. The molecular formula is C18H32O3Si. The Bertz CT molecular complexity index is 563. The number of rotatable bonds is 5. The van der Waals surface area contributed by atoms with Gasteiger partial charge in [0, 0.05) is 10.0 Å². The van der Waals surface area contributed by atoms with Crippen LogP contribution in [-0.4, -0.2) is 27.0 Å². The first kappa shape index (κ1) is 15.8. The van der Waals surface area contributed by atoms with E-state index in [-0.39, 0.29) is 5.04 Å². The second kappa shape index (κ2) is 7.98. The largest absolute Gasteiger partial charge is 0.459 e. The molecule has 0 radical (unpaired) electrons. The highest BCUT2D eigenvalue weighted by Gasteiger charge is 2.42. The molecule has 0 N–H and O–H groups in total. The van der Waals surface area contributed by atoms with Crippen LogP contribution in [0.15, 0.2) is 11.6 Å². The lowest BCUT2D eigenvalue weighted by Crippen LogP contribution is -2.48. The van der Waals surface area contributed by atoms with Crippen molar-refractivity contribution in [1.82, 2.24) is 0 Å². The number of carbonyl (C=O) groups is 1. The Morgan fingerprint density at radius 3 is 2.36 bits per heavy atom. The number of allylic oxidation sites excluding steroid dienone is 2. The fraction of sp³-hybridized carbons (Fsp3) is 0.722. The Balaban J connectivity index is 5.48. The SMILES string of the molecule is [2H]C([2H])([2H])/C(C)=C/CCC(C)(C#CC(=O)OC)O[Si](C)(C)C(C)(C)C. The monoisotopic (exact) mass is 327 g/mol. The van der Waals surface area contributed by atoms with E-state index < -0.39 is 26.7 Å². The van der Waals surface area contributed by atoms with Crippen LogP contribution >= 0.6 is 0 Å². The summed E-state index contributed by atoms with van der Waals surface area (Å²) >= 11 is 0. The molecule has 0 aliphatic carbocycles. The van der Waals surface area contributed by atoms with Gasteiger partial charge in [-0.2, -0.15) is 0 Å². The Morgan fingerprint density at radius 1 is 1.32 bits per heavy atom. The zero-order valence-electron chi connectivity index (χ0n) is 18.2. The number of hydrogen-bond donors (Lipinski definition) is 0. The second-order valence-electron chi connectivity index (χ2n) is 7.26. The van der Waals surface area contributed by atoms with E-state index in [2.05, 4.69) is 50.4 Å². The summed E-state index contributed by atoms with van der Waals surface area (Å²) in [5.41, 5.74) is -0.494. The molecule has 0 aliphatic heterocycles. The van der Waals surface area contributed by atoms with Gasteiger partial charge >= 0.3 is 5.97 Å². The van der Waals surface area contributed by atoms with Crippen LogP contribution < -0.4 is 0 Å². The molecule has 0 fully saturated rings. The van der Waals surface area contributed by atoms with E-state index in [9.17, 15) is 4.79 Å². The van der Waals surface area contributed by atoms with Crippen LogP contribution in [0.4, 0.5) is 0 Å². The molecule has 3 nitrogen and oxygen atoms in total. The van der Waals surface area contributed by atoms with Gasteiger partial charge in [0.25, 0.3) is 0 Å². The molecule has 1 unspecified atom stereocenters. The maximum atomic E-state index is 11.4. The number of carbonyl (C=O) groups excluding carboxylic acids is 1. The third-order valence-corrected chi connectivity index (χ3v) is 8.55. The zero-order valence-corrected chi connectivity index (χ0v) is 16.2. The first-order valence-corrected chi connectivity index (χ1v) is 10.4. The number of esters is 1. The zero-order chi connectivity index (χ0) is 20.1. The molecule has 22 heavy (non-hydrogen) atoms. The van der Waals surface area contributed by atoms with E-state index in [0.717, 1.165) is 0 Å². The van der Waals surface area contributed by atoms with Crippen LogP contribution in [0.25, 0.3) is 0 Å². The van der Waals surface area contributed by atoms with Gasteiger partial charge in [0.1, 0.15) is 5.60 Å². The molecule has 0 aromatic rings. The average molecular weight is 328 g/mol. The van der Waals surface area contributed by atoms with E-state index in [0.29, 0.717) is 18.4 Å². The summed E-state index contributed by atoms with van der Waals surface area (Å²) in [5.74, 6) is 4.76. The minimum atomic E-state index is -2.12. The van der Waals surface area contributed by atoms with Gasteiger partial charge in [-0.25, -0.2) is 4.79 Å². The summed E-state index contributed by atoms with van der Waals surface area (Å²) in [6, 6.07) is 0. The topological polar surface area (TPSA) is 35.5 Å². The van der Waals surface area contributed by atoms with E-state index in [1.807, 2.05) is 6.92 Å². The molecule has 4 heteroatoms. The van der Waals surface area contributed by atoms with Crippen molar-refractivity contribution in [3.05, 3.63) is 11.6 Å². The summed E-state index contributed by atoms with van der Waals surface area (Å²) in [5, 5.41) is -0.00828. The molecule has 0 saturated carbocycles. The second-order valence-corrected chi connectivity index (χ2v) is 12.0. The van der Waals surface area contributed by atoms with Gasteiger partial charge in [-0.3, -0.25) is 0 Å². The van der Waals surface area contributed by atoms with Gasteiger partial charge in [0.15, 0.2) is 8.32 Å². The van der Waals surface area contributed by atoms with Crippen molar-refractivity contribution in [2.24, 2.45) is 0 Å². The van der Waals surface area contributed by atoms with Crippen LogP contribution in [0.3, 0.4) is 0 Å². The molecule has 0 aromatic heterocycles. The van der Waals surface area contributed by atoms with Gasteiger partial charge in [-0.05, 0) is 51.7 Å². The Labute approximate surface area is 141 Å². The van der Waals surface area contributed by atoms with Crippen molar-refractivity contribution in [3.63, 3.8) is 0 Å². The molecule has 0 aromatic carbocycles. The van der Waals surface area contributed by atoms with Crippen molar-refractivity contribution in [2.75, 3.05) is 7.11 Å². The minimum Gasteiger partial charge on any atom is -0.459 e. The van der Waals surface area contributed by atoms with Gasteiger partial charge < -0.3 is 9.16 Å². The summed E-state index contributed by atoms with van der Waals surface area (Å²) in [6.45, 7) is 12.0. The molecular weight excluding hydrogens is 292 g/mol. The summed E-state index contributed by atoms with van der Waals surface area (Å²) in [6.07, 6.45) is 2.70. The van der Waals surface area contributed by atoms with E-state index >= 15 is 0 Å². The van der Waals surface area contributed by atoms with Crippen LogP contribution in [0.2, 0.25) is 18.1 Å². The fourth-order valence-corrected chi connectivity index (χ4v) is 3.24. The molecule has 0 amide bonds. The number of methoxy groups -OCH3 is 1.